The van der Waals surface area contributed by atoms with E-state index in [1.54, 1.807) is 0 Å². The molecule has 6 aromatic rings. The smallest absolute Gasteiger partial charge is 0.260 e. The minimum Gasteiger partial charge on any atom is -0.457 e. The topological polar surface area (TPSA) is 34.2 Å². The second kappa shape index (κ2) is 12.8. The Hall–Kier alpha value is -5.92. The van der Waals surface area contributed by atoms with E-state index < -0.39 is 0 Å². The molecule has 0 saturated heterocycles. The third-order valence-corrected chi connectivity index (χ3v) is 14.8. The van der Waals surface area contributed by atoms with Gasteiger partial charge in [0.05, 0.1) is 17.4 Å². The number of anilines is 3. The van der Waals surface area contributed by atoms with Gasteiger partial charge in [-0.2, -0.15) is 0 Å². The van der Waals surface area contributed by atoms with E-state index in [1.165, 1.54) is 65.1 Å². The number of nitrogens with zero attached hydrogens (tertiary/aromatic N) is 2. The fraction of sp³-hybridized carbons (Fsp3) is 0.245. The lowest BCUT2D eigenvalue weighted by Gasteiger charge is -2.50. The minimum atomic E-state index is 0.0158. The van der Waals surface area contributed by atoms with Crippen LogP contribution in [-0.2, 0) is 11.8 Å². The van der Waals surface area contributed by atoms with Crippen molar-refractivity contribution in [2.45, 2.75) is 78.7 Å². The Labute approximate surface area is 357 Å². The summed E-state index contributed by atoms with van der Waals surface area (Å²) in [7, 11) is 0. The van der Waals surface area contributed by atoms with Crippen LogP contribution in [0.2, 0.25) is 0 Å². The summed E-state index contributed by atoms with van der Waals surface area (Å²) >= 11 is 1.96. The largest absolute Gasteiger partial charge is 0.457 e. The van der Waals surface area contributed by atoms with E-state index in [0.717, 1.165) is 71.6 Å². The summed E-state index contributed by atoms with van der Waals surface area (Å²) in [6.45, 7) is 13.9. The van der Waals surface area contributed by atoms with Gasteiger partial charge in [0.2, 0.25) is 0 Å². The molecule has 5 aromatic carbocycles. The van der Waals surface area contributed by atoms with Crippen molar-refractivity contribution in [3.63, 3.8) is 0 Å². The molecular formula is C53H47BN2O3S. The summed E-state index contributed by atoms with van der Waals surface area (Å²) < 4.78 is 23.0. The summed E-state index contributed by atoms with van der Waals surface area (Å²) in [5, 5.41) is 1.31. The van der Waals surface area contributed by atoms with Crippen LogP contribution in [0.25, 0.3) is 10.1 Å². The molecule has 0 spiro atoms. The Bertz CT molecular complexity index is 2960. The molecule has 6 aliphatic rings. The number of ether oxygens (including phenoxy) is 3. The number of para-hydroxylation sites is 3. The van der Waals surface area contributed by atoms with Gasteiger partial charge in [0.25, 0.3) is 6.71 Å². The summed E-state index contributed by atoms with van der Waals surface area (Å²) in [6.07, 6.45) is 13.5. The van der Waals surface area contributed by atoms with Crippen molar-refractivity contribution in [2.75, 3.05) is 9.80 Å². The molecule has 0 radical (unpaired) electrons. The molecule has 5 heterocycles. The van der Waals surface area contributed by atoms with Crippen molar-refractivity contribution in [1.82, 2.24) is 0 Å². The fourth-order valence-corrected chi connectivity index (χ4v) is 11.9. The predicted molar refractivity (Wildman–Crippen MR) is 248 cm³/mol. The van der Waals surface area contributed by atoms with Crippen molar-refractivity contribution < 1.29 is 14.2 Å². The molecule has 4 aliphatic heterocycles. The zero-order valence-corrected chi connectivity index (χ0v) is 35.9. The number of rotatable bonds is 2. The maximum Gasteiger partial charge on any atom is 0.260 e. The van der Waals surface area contributed by atoms with Crippen molar-refractivity contribution >= 4 is 55.4 Å². The van der Waals surface area contributed by atoms with Crippen molar-refractivity contribution in [3.05, 3.63) is 160 Å². The van der Waals surface area contributed by atoms with E-state index >= 15 is 0 Å². The quantitative estimate of drug-likeness (QED) is 0.163. The molecule has 0 N–H and O–H groups in total. The van der Waals surface area contributed by atoms with E-state index in [0.29, 0.717) is 0 Å². The van der Waals surface area contributed by atoms with Gasteiger partial charge in [-0.1, -0.05) is 108 Å². The van der Waals surface area contributed by atoms with Crippen LogP contribution in [0.15, 0.2) is 144 Å². The van der Waals surface area contributed by atoms with Crippen LogP contribution in [0.1, 0.15) is 77.5 Å². The Morgan fingerprint density at radius 1 is 0.683 bits per heavy atom. The van der Waals surface area contributed by atoms with E-state index in [1.807, 2.05) is 35.6 Å². The maximum absolute atomic E-state index is 6.98. The number of hydrogen-bond acceptors (Lipinski definition) is 6. The molecule has 60 heavy (non-hydrogen) atoms. The van der Waals surface area contributed by atoms with Crippen LogP contribution >= 0.6 is 11.3 Å². The first kappa shape index (κ1) is 36.0. The number of thiophene rings is 1. The van der Waals surface area contributed by atoms with Gasteiger partial charge in [-0.25, -0.2) is 0 Å². The number of hydrogen-bond donors (Lipinski definition) is 0. The van der Waals surface area contributed by atoms with E-state index in [9.17, 15) is 0 Å². The molecule has 0 amide bonds. The molecular weight excluding hydrogens is 755 g/mol. The van der Waals surface area contributed by atoms with Crippen LogP contribution in [0.4, 0.5) is 17.1 Å². The summed E-state index contributed by atoms with van der Waals surface area (Å²) in [5.74, 6) is 4.88. The van der Waals surface area contributed by atoms with Gasteiger partial charge in [0.1, 0.15) is 11.5 Å². The van der Waals surface area contributed by atoms with E-state index in [-0.39, 0.29) is 23.6 Å². The summed E-state index contributed by atoms with van der Waals surface area (Å²) in [5.41, 5.74) is 14.3. The lowest BCUT2D eigenvalue weighted by Crippen LogP contribution is -2.61. The molecule has 1 atom stereocenters. The van der Waals surface area contributed by atoms with Gasteiger partial charge < -0.3 is 24.0 Å². The molecule has 1 unspecified atom stereocenters. The molecule has 1 aromatic heterocycles. The first-order chi connectivity index (χ1) is 29.0. The molecule has 2 aliphatic carbocycles. The zero-order valence-electron chi connectivity index (χ0n) is 35.1. The lowest BCUT2D eigenvalue weighted by molar-refractivity contribution is 0.360. The molecule has 0 fully saturated rings. The van der Waals surface area contributed by atoms with Crippen LogP contribution in [0.3, 0.4) is 0 Å². The molecule has 0 bridgehead atoms. The fourth-order valence-electron chi connectivity index (χ4n) is 10.4. The highest BCUT2D eigenvalue weighted by Gasteiger charge is 2.51. The second-order valence-electron chi connectivity index (χ2n) is 19.1. The first-order valence-corrected chi connectivity index (χ1v) is 22.3. The van der Waals surface area contributed by atoms with E-state index in [2.05, 4.69) is 148 Å². The SMILES string of the molecule is CC(C)(C)C1=CC=C(N2c3c(sc4c5c(ccc34)Oc3ccccc3C5)B3C4=C(C=CCC42)N(c2ccc(C(C)(C)C)cc2)c2c3ccc3c2Oc2ccccc2O3)CC1. The van der Waals surface area contributed by atoms with Crippen LogP contribution < -0.4 is 34.2 Å². The van der Waals surface area contributed by atoms with Crippen LogP contribution in [-0.4, -0.2) is 12.8 Å². The highest BCUT2D eigenvalue weighted by molar-refractivity contribution is 7.32. The van der Waals surface area contributed by atoms with Crippen molar-refractivity contribution in [3.8, 4) is 34.5 Å². The summed E-state index contributed by atoms with van der Waals surface area (Å²) in [6, 6.07) is 34.8. The average molecular weight is 803 g/mol. The molecule has 7 heteroatoms. The minimum absolute atomic E-state index is 0.0158. The maximum atomic E-state index is 6.98. The van der Waals surface area contributed by atoms with Crippen LogP contribution in [0, 0.1) is 5.41 Å². The van der Waals surface area contributed by atoms with E-state index in [4.69, 9.17) is 14.2 Å². The molecule has 12 rings (SSSR count). The van der Waals surface area contributed by atoms with Gasteiger partial charge in [0.15, 0.2) is 23.0 Å². The Morgan fingerprint density at radius 2 is 1.42 bits per heavy atom. The number of allylic oxidation sites excluding steroid dienone is 5. The third-order valence-electron chi connectivity index (χ3n) is 13.5. The first-order valence-electron chi connectivity index (χ1n) is 21.5. The average Bonchev–Trinajstić information content (AvgIpc) is 3.64. The second-order valence-corrected chi connectivity index (χ2v) is 20.2. The highest BCUT2D eigenvalue weighted by atomic mass is 32.1. The predicted octanol–water partition coefficient (Wildman–Crippen LogP) is 13.1. The third kappa shape index (κ3) is 5.30. The highest BCUT2D eigenvalue weighted by Crippen LogP contribution is 2.56. The normalized spacial score (nSPS) is 18.4. The number of fused-ring (bicyclic) bond motifs is 12. The van der Waals surface area contributed by atoms with Crippen molar-refractivity contribution in [2.24, 2.45) is 5.41 Å². The molecule has 296 valence electrons. The zero-order chi connectivity index (χ0) is 40.7. The van der Waals surface area contributed by atoms with Crippen LogP contribution in [0.5, 0.6) is 34.5 Å². The van der Waals surface area contributed by atoms with Crippen molar-refractivity contribution in [1.29, 1.82) is 0 Å². The Balaban J connectivity index is 1.14. The molecule has 5 nitrogen and oxygen atoms in total. The summed E-state index contributed by atoms with van der Waals surface area (Å²) in [4.78, 5) is 5.23. The molecule has 0 saturated carbocycles. The van der Waals surface area contributed by atoms with Gasteiger partial charge in [-0.15, -0.1) is 11.3 Å². The monoisotopic (exact) mass is 802 g/mol. The van der Waals surface area contributed by atoms with Gasteiger partial charge in [-0.3, -0.25) is 0 Å². The van der Waals surface area contributed by atoms with Gasteiger partial charge in [-0.05, 0) is 113 Å². The number of benzene rings is 5. The lowest BCUT2D eigenvalue weighted by atomic mass is 9.34. The Morgan fingerprint density at radius 3 is 2.17 bits per heavy atom. The standard InChI is InChI=1S/C53H47BN2O3S/c1-52(2,3)32-18-22-34(23-19-32)55-39-13-11-14-40-46(39)54(51-47(55)36-26-28-42-37(50(36)60-51)30-31-12-7-8-15-41(31)57-42)38-27-29-45-49(59-44-17-10-9-16-43(44)58-45)48(38)56(40)35-24-20-33(21-25-35)53(4,5)6/h7-12,14-18,20-22,24-29,39H,13,19,23,30H2,1-6H3. The Kier molecular flexibility index (Phi) is 7.67. The van der Waals surface area contributed by atoms with Gasteiger partial charge in [0, 0.05) is 43.9 Å². The van der Waals surface area contributed by atoms with Gasteiger partial charge >= 0.3 is 0 Å².